The van der Waals surface area contributed by atoms with Gasteiger partial charge in [-0.05, 0) is 30.5 Å². The van der Waals surface area contributed by atoms with Crippen LogP contribution in [0.25, 0.3) is 0 Å². The first kappa shape index (κ1) is 11.1. The van der Waals surface area contributed by atoms with Gasteiger partial charge >= 0.3 is 5.97 Å². The Hall–Kier alpha value is -1.42. The number of hydrogen-bond donors (Lipinski definition) is 0. The fourth-order valence-corrected chi connectivity index (χ4v) is 1.44. The summed E-state index contributed by atoms with van der Waals surface area (Å²) in [6, 6.07) is 5.84. The molecule has 1 unspecified atom stereocenters. The second-order valence-corrected chi connectivity index (χ2v) is 3.79. The van der Waals surface area contributed by atoms with Crippen LogP contribution in [0.1, 0.15) is 24.5 Å². The van der Waals surface area contributed by atoms with E-state index < -0.39 is 12.1 Å². The Morgan fingerprint density at radius 2 is 2.25 bits per heavy atom. The number of carbonyl (C=O) groups excluding carboxylic acids is 1. The molecule has 1 aromatic carbocycles. The minimum absolute atomic E-state index is 0.104. The van der Waals surface area contributed by atoms with Gasteiger partial charge in [0.1, 0.15) is 5.82 Å². The maximum atomic E-state index is 13.0. The maximum absolute atomic E-state index is 13.0. The number of halogens is 1. The van der Waals surface area contributed by atoms with Crippen LogP contribution in [0, 0.1) is 5.82 Å². The van der Waals surface area contributed by atoms with E-state index in [-0.39, 0.29) is 11.9 Å². The number of ether oxygens (including phenoxy) is 2. The zero-order chi connectivity index (χ0) is 11.5. The van der Waals surface area contributed by atoms with E-state index in [1.54, 1.807) is 12.1 Å². The van der Waals surface area contributed by atoms with Gasteiger partial charge in [0.15, 0.2) is 6.10 Å². The fourth-order valence-electron chi connectivity index (χ4n) is 1.44. The standard InChI is InChI=1S/C12H13FO3/c1-15-12(14)11(16-10-5-6-10)8-3-2-4-9(13)7-8/h2-4,7,10-11H,5-6H2,1H3. The summed E-state index contributed by atoms with van der Waals surface area (Å²) < 4.78 is 23.2. The topological polar surface area (TPSA) is 35.5 Å². The van der Waals surface area contributed by atoms with Crippen molar-refractivity contribution < 1.29 is 18.7 Å². The number of rotatable bonds is 4. The lowest BCUT2D eigenvalue weighted by Crippen LogP contribution is -2.18. The number of benzene rings is 1. The summed E-state index contributed by atoms with van der Waals surface area (Å²) in [6.07, 6.45) is 1.19. The Bertz CT molecular complexity index is 388. The van der Waals surface area contributed by atoms with Crippen LogP contribution in [-0.4, -0.2) is 19.2 Å². The van der Waals surface area contributed by atoms with Gasteiger partial charge in [0.05, 0.1) is 13.2 Å². The average Bonchev–Trinajstić information content (AvgIpc) is 3.08. The monoisotopic (exact) mass is 224 g/mol. The number of carbonyl (C=O) groups is 1. The molecule has 0 bridgehead atoms. The third-order valence-electron chi connectivity index (χ3n) is 2.42. The number of esters is 1. The van der Waals surface area contributed by atoms with Crippen molar-refractivity contribution in [2.45, 2.75) is 25.0 Å². The van der Waals surface area contributed by atoms with Crippen molar-refractivity contribution in [3.63, 3.8) is 0 Å². The maximum Gasteiger partial charge on any atom is 0.339 e. The van der Waals surface area contributed by atoms with Crippen LogP contribution >= 0.6 is 0 Å². The smallest absolute Gasteiger partial charge is 0.339 e. The van der Waals surface area contributed by atoms with Gasteiger partial charge in [-0.25, -0.2) is 9.18 Å². The molecule has 0 aliphatic heterocycles. The molecule has 1 atom stereocenters. The van der Waals surface area contributed by atoms with Crippen LogP contribution in [-0.2, 0) is 14.3 Å². The van der Waals surface area contributed by atoms with Crippen molar-refractivity contribution in [2.24, 2.45) is 0 Å². The Labute approximate surface area is 93.2 Å². The summed E-state index contributed by atoms with van der Waals surface area (Å²) in [4.78, 5) is 11.5. The van der Waals surface area contributed by atoms with Gasteiger partial charge in [-0.1, -0.05) is 12.1 Å². The highest BCUT2D eigenvalue weighted by Crippen LogP contribution is 2.31. The molecule has 1 aromatic rings. The molecule has 1 saturated carbocycles. The Morgan fingerprint density at radius 3 is 2.81 bits per heavy atom. The molecule has 3 nitrogen and oxygen atoms in total. The second-order valence-electron chi connectivity index (χ2n) is 3.79. The van der Waals surface area contributed by atoms with Crippen molar-refractivity contribution in [2.75, 3.05) is 7.11 Å². The first-order valence-corrected chi connectivity index (χ1v) is 5.19. The fraction of sp³-hybridized carbons (Fsp3) is 0.417. The van der Waals surface area contributed by atoms with E-state index in [1.807, 2.05) is 0 Å². The lowest BCUT2D eigenvalue weighted by atomic mass is 10.1. The highest BCUT2D eigenvalue weighted by Gasteiger charge is 2.31. The molecule has 0 saturated heterocycles. The molecule has 86 valence electrons. The van der Waals surface area contributed by atoms with Crippen molar-refractivity contribution in [1.82, 2.24) is 0 Å². The van der Waals surface area contributed by atoms with Crippen LogP contribution in [0.15, 0.2) is 24.3 Å². The summed E-state index contributed by atoms with van der Waals surface area (Å²) >= 11 is 0. The zero-order valence-electron chi connectivity index (χ0n) is 8.98. The van der Waals surface area contributed by atoms with E-state index in [4.69, 9.17) is 4.74 Å². The van der Waals surface area contributed by atoms with Gasteiger partial charge in [-0.2, -0.15) is 0 Å². The molecule has 2 rings (SSSR count). The number of methoxy groups -OCH3 is 1. The first-order valence-electron chi connectivity index (χ1n) is 5.19. The lowest BCUT2D eigenvalue weighted by Gasteiger charge is -2.15. The molecule has 1 aliphatic carbocycles. The van der Waals surface area contributed by atoms with E-state index >= 15 is 0 Å². The summed E-state index contributed by atoms with van der Waals surface area (Å²) in [5.74, 6) is -0.872. The minimum Gasteiger partial charge on any atom is -0.467 e. The highest BCUT2D eigenvalue weighted by atomic mass is 19.1. The van der Waals surface area contributed by atoms with E-state index in [0.717, 1.165) is 12.8 Å². The molecule has 0 radical (unpaired) electrons. The SMILES string of the molecule is COC(=O)C(OC1CC1)c1cccc(F)c1. The molecule has 0 amide bonds. The summed E-state index contributed by atoms with van der Waals surface area (Å²) in [5, 5.41) is 0. The second kappa shape index (κ2) is 4.61. The lowest BCUT2D eigenvalue weighted by molar-refractivity contribution is -0.155. The normalized spacial score (nSPS) is 16.9. The van der Waals surface area contributed by atoms with Gasteiger partial charge in [0.2, 0.25) is 0 Å². The largest absolute Gasteiger partial charge is 0.467 e. The summed E-state index contributed by atoms with van der Waals surface area (Å²) in [6.45, 7) is 0. The van der Waals surface area contributed by atoms with Gasteiger partial charge in [0.25, 0.3) is 0 Å². The Morgan fingerprint density at radius 1 is 1.50 bits per heavy atom. The summed E-state index contributed by atoms with van der Waals surface area (Å²) in [7, 11) is 1.30. The molecule has 0 heterocycles. The van der Waals surface area contributed by atoms with Crippen LogP contribution in [0.4, 0.5) is 4.39 Å². The van der Waals surface area contributed by atoms with E-state index in [0.29, 0.717) is 5.56 Å². The van der Waals surface area contributed by atoms with Crippen molar-refractivity contribution in [3.8, 4) is 0 Å². The van der Waals surface area contributed by atoms with Crippen molar-refractivity contribution in [3.05, 3.63) is 35.6 Å². The minimum atomic E-state index is -0.812. The van der Waals surface area contributed by atoms with E-state index in [1.165, 1.54) is 19.2 Å². The molecular formula is C12H13FO3. The predicted molar refractivity (Wildman–Crippen MR) is 55.3 cm³/mol. The molecule has 0 N–H and O–H groups in total. The zero-order valence-corrected chi connectivity index (χ0v) is 8.98. The van der Waals surface area contributed by atoms with Gasteiger partial charge < -0.3 is 9.47 Å². The molecular weight excluding hydrogens is 211 g/mol. The quantitative estimate of drug-likeness (QED) is 0.735. The van der Waals surface area contributed by atoms with Gasteiger partial charge in [-0.3, -0.25) is 0 Å². The van der Waals surface area contributed by atoms with Crippen LogP contribution < -0.4 is 0 Å². The van der Waals surface area contributed by atoms with E-state index in [9.17, 15) is 9.18 Å². The molecule has 16 heavy (non-hydrogen) atoms. The third-order valence-corrected chi connectivity index (χ3v) is 2.42. The average molecular weight is 224 g/mol. The van der Waals surface area contributed by atoms with E-state index in [2.05, 4.69) is 4.74 Å². The molecule has 1 fully saturated rings. The molecule has 4 heteroatoms. The Balaban J connectivity index is 2.19. The number of hydrogen-bond acceptors (Lipinski definition) is 3. The third kappa shape index (κ3) is 2.58. The molecule has 0 spiro atoms. The van der Waals surface area contributed by atoms with Crippen LogP contribution in [0.2, 0.25) is 0 Å². The van der Waals surface area contributed by atoms with Crippen molar-refractivity contribution >= 4 is 5.97 Å². The molecule has 0 aromatic heterocycles. The highest BCUT2D eigenvalue weighted by molar-refractivity contribution is 5.76. The Kier molecular flexibility index (Phi) is 3.19. The predicted octanol–water partition coefficient (Wildman–Crippen LogP) is 2.22. The molecule has 1 aliphatic rings. The van der Waals surface area contributed by atoms with Crippen molar-refractivity contribution in [1.29, 1.82) is 0 Å². The van der Waals surface area contributed by atoms with Gasteiger partial charge in [0, 0.05) is 0 Å². The summed E-state index contributed by atoms with van der Waals surface area (Å²) in [5.41, 5.74) is 0.499. The van der Waals surface area contributed by atoms with Gasteiger partial charge in [-0.15, -0.1) is 0 Å². The first-order chi connectivity index (χ1) is 7.70. The van der Waals surface area contributed by atoms with Crippen LogP contribution in [0.3, 0.4) is 0 Å². The van der Waals surface area contributed by atoms with Crippen LogP contribution in [0.5, 0.6) is 0 Å².